The fraction of sp³-hybridized carbons (Fsp3) is 0.720. The van der Waals surface area contributed by atoms with Gasteiger partial charge in [-0.3, -0.25) is 4.79 Å². The Kier molecular flexibility index (Phi) is 5.57. The number of methoxy groups -OCH3 is 1. The lowest BCUT2D eigenvalue weighted by Crippen LogP contribution is -2.44. The molecule has 154 valence electrons. The molecule has 1 aromatic rings. The second kappa shape index (κ2) is 7.82. The molecule has 2 saturated carbocycles. The number of benzene rings is 1. The number of ether oxygens (including phenoxy) is 1. The minimum absolute atomic E-state index is 0.133. The van der Waals surface area contributed by atoms with Crippen LogP contribution < -0.4 is 4.74 Å². The van der Waals surface area contributed by atoms with E-state index >= 15 is 0 Å². The Labute approximate surface area is 169 Å². The minimum atomic E-state index is -0.203. The largest absolute Gasteiger partial charge is 0.497 e. The van der Waals surface area contributed by atoms with Gasteiger partial charge in [0.15, 0.2) is 0 Å². The zero-order valence-electron chi connectivity index (χ0n) is 17.7. The molecule has 3 aliphatic carbocycles. The summed E-state index contributed by atoms with van der Waals surface area (Å²) in [6.07, 6.45) is 8.73. The van der Waals surface area contributed by atoms with Crippen LogP contribution in [0.3, 0.4) is 0 Å². The lowest BCUT2D eigenvalue weighted by molar-refractivity contribution is -0.129. The van der Waals surface area contributed by atoms with Gasteiger partial charge in [0.05, 0.1) is 13.2 Å². The van der Waals surface area contributed by atoms with Gasteiger partial charge in [-0.1, -0.05) is 26.3 Å². The van der Waals surface area contributed by atoms with Crippen molar-refractivity contribution in [3.8, 4) is 5.75 Å². The van der Waals surface area contributed by atoms with E-state index in [-0.39, 0.29) is 11.5 Å². The van der Waals surface area contributed by atoms with Gasteiger partial charge in [0.1, 0.15) is 11.5 Å². The number of carbonyl (C=O) groups excluding carboxylic acids is 1. The molecule has 6 unspecified atom stereocenters. The normalized spacial score (nSPS) is 35.1. The first-order chi connectivity index (χ1) is 13.5. The zero-order chi connectivity index (χ0) is 19.9. The third-order valence-electron chi connectivity index (χ3n) is 8.27. The number of hydrogen-bond donors (Lipinski definition) is 1. The van der Waals surface area contributed by atoms with Crippen molar-refractivity contribution < 1.29 is 14.6 Å². The Morgan fingerprint density at radius 2 is 2.11 bits per heavy atom. The van der Waals surface area contributed by atoms with Crippen LogP contribution in [0.5, 0.6) is 5.75 Å². The van der Waals surface area contributed by atoms with Gasteiger partial charge in [0, 0.05) is 11.8 Å². The summed E-state index contributed by atoms with van der Waals surface area (Å²) in [6.45, 7) is 4.38. The molecule has 0 bridgehead atoms. The predicted octanol–water partition coefficient (Wildman–Crippen LogP) is 5.29. The van der Waals surface area contributed by atoms with E-state index in [0.29, 0.717) is 29.5 Å². The first-order valence-corrected chi connectivity index (χ1v) is 11.4. The van der Waals surface area contributed by atoms with E-state index in [1.165, 1.54) is 17.5 Å². The molecule has 0 aromatic heterocycles. The molecule has 3 heteroatoms. The Balaban J connectivity index is 1.58. The molecule has 1 aromatic carbocycles. The molecule has 4 rings (SSSR count). The standard InChI is InChI=1S/C25H36O3/c1-4-5-18(26)8-6-17-15-23(27)25(2)13-12-21-20-11-9-19(28-3)14-16(20)7-10-22(21)24(17)25/h9,11,14,17-18,21-22,24,26H,4-8,10,12-13,15H2,1-3H3. The first kappa shape index (κ1) is 19.9. The molecular formula is C25H36O3. The molecule has 1 N–H and O–H groups in total. The van der Waals surface area contributed by atoms with Crippen molar-refractivity contribution in [3.63, 3.8) is 0 Å². The van der Waals surface area contributed by atoms with E-state index in [1.54, 1.807) is 7.11 Å². The van der Waals surface area contributed by atoms with Gasteiger partial charge in [0.25, 0.3) is 0 Å². The number of fused-ring (bicyclic) bond motifs is 5. The lowest BCUT2D eigenvalue weighted by Gasteiger charge is -2.50. The SMILES string of the molecule is CCCC(O)CCC1CC(=O)C2(C)CCC3c4ccc(OC)cc4CCC3C12. The first-order valence-electron chi connectivity index (χ1n) is 11.4. The number of aliphatic hydroxyl groups excluding tert-OH is 1. The summed E-state index contributed by atoms with van der Waals surface area (Å²) in [4.78, 5) is 13.0. The van der Waals surface area contributed by atoms with E-state index in [9.17, 15) is 9.90 Å². The van der Waals surface area contributed by atoms with E-state index in [2.05, 4.69) is 32.0 Å². The van der Waals surface area contributed by atoms with Gasteiger partial charge < -0.3 is 9.84 Å². The Morgan fingerprint density at radius 1 is 1.29 bits per heavy atom. The third kappa shape index (κ3) is 3.30. The molecule has 3 nitrogen and oxygen atoms in total. The van der Waals surface area contributed by atoms with Crippen molar-refractivity contribution in [3.05, 3.63) is 29.3 Å². The predicted molar refractivity (Wildman–Crippen MR) is 112 cm³/mol. The van der Waals surface area contributed by atoms with Crippen LogP contribution in [0.2, 0.25) is 0 Å². The zero-order valence-corrected chi connectivity index (χ0v) is 17.7. The quantitative estimate of drug-likeness (QED) is 0.725. The van der Waals surface area contributed by atoms with Crippen LogP contribution in [0.25, 0.3) is 0 Å². The maximum absolute atomic E-state index is 13.0. The average molecular weight is 385 g/mol. The van der Waals surface area contributed by atoms with Gasteiger partial charge in [-0.05, 0) is 91.9 Å². The van der Waals surface area contributed by atoms with Gasteiger partial charge >= 0.3 is 0 Å². The summed E-state index contributed by atoms with van der Waals surface area (Å²) in [6, 6.07) is 6.61. The van der Waals surface area contributed by atoms with Gasteiger partial charge in [0.2, 0.25) is 0 Å². The molecule has 6 atom stereocenters. The van der Waals surface area contributed by atoms with Crippen molar-refractivity contribution in [1.82, 2.24) is 0 Å². The molecule has 0 saturated heterocycles. The molecule has 0 aliphatic heterocycles. The fourth-order valence-electron chi connectivity index (χ4n) is 6.89. The van der Waals surface area contributed by atoms with Crippen LogP contribution in [0.1, 0.15) is 82.3 Å². The number of aliphatic hydroxyl groups is 1. The number of rotatable bonds is 6. The van der Waals surface area contributed by atoms with Crippen molar-refractivity contribution in [2.24, 2.45) is 23.2 Å². The Bertz CT molecular complexity index is 727. The van der Waals surface area contributed by atoms with E-state index in [4.69, 9.17) is 4.74 Å². The second-order valence-electron chi connectivity index (χ2n) is 9.76. The molecule has 0 heterocycles. The molecule has 0 radical (unpaired) electrons. The van der Waals surface area contributed by atoms with E-state index in [0.717, 1.165) is 57.1 Å². The number of aryl methyl sites for hydroxylation is 1. The van der Waals surface area contributed by atoms with Crippen molar-refractivity contribution in [2.45, 2.75) is 83.7 Å². The molecule has 28 heavy (non-hydrogen) atoms. The van der Waals surface area contributed by atoms with Gasteiger partial charge in [-0.15, -0.1) is 0 Å². The van der Waals surface area contributed by atoms with Crippen molar-refractivity contribution >= 4 is 5.78 Å². The molecular weight excluding hydrogens is 348 g/mol. The summed E-state index contributed by atoms with van der Waals surface area (Å²) in [5.41, 5.74) is 2.82. The van der Waals surface area contributed by atoms with E-state index in [1.807, 2.05) is 0 Å². The van der Waals surface area contributed by atoms with Crippen LogP contribution in [0.15, 0.2) is 18.2 Å². The molecule has 2 fully saturated rings. The summed E-state index contributed by atoms with van der Waals surface area (Å²) in [7, 11) is 1.74. The number of Topliss-reactive ketones (excluding diaryl/α,β-unsaturated/α-hetero) is 1. The number of hydrogen-bond acceptors (Lipinski definition) is 3. The highest BCUT2D eigenvalue weighted by molar-refractivity contribution is 5.87. The summed E-state index contributed by atoms with van der Waals surface area (Å²) >= 11 is 0. The highest BCUT2D eigenvalue weighted by Crippen LogP contribution is 2.62. The highest BCUT2D eigenvalue weighted by Gasteiger charge is 2.58. The van der Waals surface area contributed by atoms with Crippen molar-refractivity contribution in [1.29, 1.82) is 0 Å². The summed E-state index contributed by atoms with van der Waals surface area (Å²) in [5.74, 6) is 3.59. The summed E-state index contributed by atoms with van der Waals surface area (Å²) in [5, 5.41) is 10.3. The highest BCUT2D eigenvalue weighted by atomic mass is 16.5. The van der Waals surface area contributed by atoms with Crippen molar-refractivity contribution in [2.75, 3.05) is 7.11 Å². The van der Waals surface area contributed by atoms with Crippen LogP contribution in [0.4, 0.5) is 0 Å². The van der Waals surface area contributed by atoms with Gasteiger partial charge in [-0.2, -0.15) is 0 Å². The van der Waals surface area contributed by atoms with E-state index < -0.39 is 0 Å². The van der Waals surface area contributed by atoms with Crippen LogP contribution >= 0.6 is 0 Å². The maximum atomic E-state index is 13.0. The van der Waals surface area contributed by atoms with Crippen LogP contribution in [-0.2, 0) is 11.2 Å². The van der Waals surface area contributed by atoms with Crippen LogP contribution in [0, 0.1) is 23.2 Å². The maximum Gasteiger partial charge on any atom is 0.139 e. The molecule has 0 spiro atoms. The topological polar surface area (TPSA) is 46.5 Å². The monoisotopic (exact) mass is 384 g/mol. The Morgan fingerprint density at radius 3 is 2.86 bits per heavy atom. The number of ketones is 1. The second-order valence-corrected chi connectivity index (χ2v) is 9.76. The number of carbonyl (C=O) groups is 1. The smallest absolute Gasteiger partial charge is 0.139 e. The fourth-order valence-corrected chi connectivity index (χ4v) is 6.89. The summed E-state index contributed by atoms with van der Waals surface area (Å²) < 4.78 is 5.44. The van der Waals surface area contributed by atoms with Gasteiger partial charge in [-0.25, -0.2) is 0 Å². The molecule has 3 aliphatic rings. The lowest BCUT2D eigenvalue weighted by atomic mass is 9.54. The third-order valence-corrected chi connectivity index (χ3v) is 8.27. The minimum Gasteiger partial charge on any atom is -0.497 e. The Hall–Kier alpha value is -1.35. The average Bonchev–Trinajstić information content (AvgIpc) is 2.96. The van der Waals surface area contributed by atoms with Crippen LogP contribution in [-0.4, -0.2) is 24.1 Å². The molecule has 0 amide bonds.